The lowest BCUT2D eigenvalue weighted by Crippen LogP contribution is -2.25. The summed E-state index contributed by atoms with van der Waals surface area (Å²) in [4.78, 5) is 8.52. The zero-order valence-corrected chi connectivity index (χ0v) is 15.6. The highest BCUT2D eigenvalue weighted by molar-refractivity contribution is 6.32. The molecule has 2 aromatic heterocycles. The van der Waals surface area contributed by atoms with E-state index in [4.69, 9.17) is 21.1 Å². The maximum atomic E-state index is 6.37. The summed E-state index contributed by atoms with van der Waals surface area (Å²) >= 11 is 6.17. The zero-order chi connectivity index (χ0) is 18.1. The van der Waals surface area contributed by atoms with E-state index >= 15 is 0 Å². The minimum absolute atomic E-state index is 0.0491. The molecule has 1 aromatic carbocycles. The van der Waals surface area contributed by atoms with Gasteiger partial charge in [-0.1, -0.05) is 55.8 Å². The SMILES string of the molecule is CC[C@H]1O[C@@H](c2cnc3c(Cl)nccn23)[C@H](OCc2ccccc2)[C@@H]1C. The van der Waals surface area contributed by atoms with Gasteiger partial charge in [-0.15, -0.1) is 0 Å². The average molecular weight is 372 g/mol. The number of halogens is 1. The molecule has 0 saturated carbocycles. The number of ether oxygens (including phenoxy) is 2. The van der Waals surface area contributed by atoms with Gasteiger partial charge in [0.05, 0.1) is 30.7 Å². The monoisotopic (exact) mass is 371 g/mol. The number of benzene rings is 1. The molecular weight excluding hydrogens is 350 g/mol. The second-order valence-corrected chi connectivity index (χ2v) is 7.08. The molecule has 6 heteroatoms. The second-order valence-electron chi connectivity index (χ2n) is 6.72. The number of aromatic nitrogens is 3. The molecule has 1 fully saturated rings. The van der Waals surface area contributed by atoms with E-state index in [-0.39, 0.29) is 24.2 Å². The number of hydrogen-bond donors (Lipinski definition) is 0. The van der Waals surface area contributed by atoms with Crippen LogP contribution < -0.4 is 0 Å². The summed E-state index contributed by atoms with van der Waals surface area (Å²) in [6.07, 6.45) is 6.23. The number of rotatable bonds is 5. The van der Waals surface area contributed by atoms with E-state index < -0.39 is 0 Å². The van der Waals surface area contributed by atoms with E-state index in [1.165, 1.54) is 0 Å². The predicted molar refractivity (Wildman–Crippen MR) is 100 cm³/mol. The van der Waals surface area contributed by atoms with Crippen LogP contribution in [0.2, 0.25) is 5.15 Å². The van der Waals surface area contributed by atoms with Crippen LogP contribution in [0.4, 0.5) is 0 Å². The summed E-state index contributed by atoms with van der Waals surface area (Å²) in [7, 11) is 0. The highest BCUT2D eigenvalue weighted by Crippen LogP contribution is 2.41. The molecule has 1 aliphatic heterocycles. The fraction of sp³-hybridized carbons (Fsp3) is 0.400. The Hall–Kier alpha value is -1.95. The van der Waals surface area contributed by atoms with Gasteiger partial charge in [-0.25, -0.2) is 9.97 Å². The third kappa shape index (κ3) is 3.11. The summed E-state index contributed by atoms with van der Waals surface area (Å²) in [5.74, 6) is 0.288. The standard InChI is InChI=1S/C20H22ClN3O2/c1-3-16-13(2)17(25-12-14-7-5-4-6-8-14)18(26-16)15-11-23-20-19(21)22-9-10-24(15)20/h4-11,13,16-18H,3,12H2,1-2H3/t13-,16-,17-,18+/m1/s1. The Morgan fingerprint density at radius 3 is 2.81 bits per heavy atom. The lowest BCUT2D eigenvalue weighted by molar-refractivity contribution is -0.0358. The van der Waals surface area contributed by atoms with Crippen molar-refractivity contribution in [3.8, 4) is 0 Å². The largest absolute Gasteiger partial charge is 0.370 e. The molecule has 0 unspecified atom stereocenters. The molecule has 4 rings (SSSR count). The Kier molecular flexibility index (Phi) is 4.94. The van der Waals surface area contributed by atoms with Crippen molar-refractivity contribution in [3.05, 3.63) is 65.3 Å². The van der Waals surface area contributed by atoms with Gasteiger partial charge in [0.15, 0.2) is 10.8 Å². The first-order valence-corrected chi connectivity index (χ1v) is 9.35. The fourth-order valence-electron chi connectivity index (χ4n) is 3.71. The molecule has 5 nitrogen and oxygen atoms in total. The van der Waals surface area contributed by atoms with E-state index in [0.717, 1.165) is 17.7 Å². The normalized spacial score (nSPS) is 25.8. The second kappa shape index (κ2) is 7.35. The van der Waals surface area contributed by atoms with Crippen LogP contribution in [0.1, 0.15) is 37.6 Å². The van der Waals surface area contributed by atoms with E-state index in [0.29, 0.717) is 17.4 Å². The summed E-state index contributed by atoms with van der Waals surface area (Å²) in [5.41, 5.74) is 2.75. The van der Waals surface area contributed by atoms with Gasteiger partial charge in [0, 0.05) is 18.3 Å². The number of fused-ring (bicyclic) bond motifs is 1. The van der Waals surface area contributed by atoms with Crippen molar-refractivity contribution in [1.29, 1.82) is 0 Å². The smallest absolute Gasteiger partial charge is 0.175 e. The third-order valence-electron chi connectivity index (χ3n) is 5.12. The molecule has 0 amide bonds. The summed E-state index contributed by atoms with van der Waals surface area (Å²) in [6, 6.07) is 10.2. The van der Waals surface area contributed by atoms with Crippen molar-refractivity contribution in [2.24, 2.45) is 5.92 Å². The van der Waals surface area contributed by atoms with Gasteiger partial charge in [-0.05, 0) is 12.0 Å². The molecule has 1 aliphatic rings. The van der Waals surface area contributed by atoms with Crippen LogP contribution in [0.15, 0.2) is 48.9 Å². The molecule has 0 spiro atoms. The first kappa shape index (κ1) is 17.5. The van der Waals surface area contributed by atoms with Crippen LogP contribution in [-0.2, 0) is 16.1 Å². The van der Waals surface area contributed by atoms with Crippen LogP contribution >= 0.6 is 11.6 Å². The Bertz CT molecular complexity index is 883. The Labute approximate surface area is 157 Å². The number of hydrogen-bond acceptors (Lipinski definition) is 4. The van der Waals surface area contributed by atoms with E-state index in [1.54, 1.807) is 6.20 Å². The van der Waals surface area contributed by atoms with Crippen molar-refractivity contribution in [2.75, 3.05) is 0 Å². The molecule has 136 valence electrons. The quantitative estimate of drug-likeness (QED) is 0.664. The lowest BCUT2D eigenvalue weighted by atomic mass is 9.95. The zero-order valence-electron chi connectivity index (χ0n) is 14.9. The predicted octanol–water partition coefficient (Wildman–Crippen LogP) is 4.45. The maximum Gasteiger partial charge on any atom is 0.175 e. The minimum Gasteiger partial charge on any atom is -0.370 e. The molecule has 1 saturated heterocycles. The van der Waals surface area contributed by atoms with Crippen molar-refractivity contribution >= 4 is 17.2 Å². The third-order valence-corrected chi connectivity index (χ3v) is 5.38. The highest BCUT2D eigenvalue weighted by Gasteiger charge is 2.43. The fourth-order valence-corrected chi connectivity index (χ4v) is 3.90. The molecular formula is C20H22ClN3O2. The average Bonchev–Trinajstić information content (AvgIpc) is 3.23. The topological polar surface area (TPSA) is 48.7 Å². The van der Waals surface area contributed by atoms with Gasteiger partial charge in [0.2, 0.25) is 0 Å². The molecule has 4 atom stereocenters. The first-order valence-electron chi connectivity index (χ1n) is 8.97. The number of nitrogens with zero attached hydrogens (tertiary/aromatic N) is 3. The van der Waals surface area contributed by atoms with Crippen LogP contribution in [0.5, 0.6) is 0 Å². The maximum absolute atomic E-state index is 6.37. The molecule has 0 N–H and O–H groups in total. The number of imidazole rings is 1. The van der Waals surface area contributed by atoms with Crippen LogP contribution in [0.25, 0.3) is 5.65 Å². The molecule has 3 heterocycles. The van der Waals surface area contributed by atoms with E-state index in [1.807, 2.05) is 35.0 Å². The van der Waals surface area contributed by atoms with Gasteiger partial charge in [0.1, 0.15) is 6.10 Å². The molecule has 0 bridgehead atoms. The van der Waals surface area contributed by atoms with E-state index in [9.17, 15) is 0 Å². The van der Waals surface area contributed by atoms with Crippen molar-refractivity contribution in [1.82, 2.24) is 14.4 Å². The van der Waals surface area contributed by atoms with Gasteiger partial charge in [-0.2, -0.15) is 0 Å². The Morgan fingerprint density at radius 2 is 2.04 bits per heavy atom. The van der Waals surface area contributed by atoms with Gasteiger partial charge in [-0.3, -0.25) is 4.40 Å². The van der Waals surface area contributed by atoms with Gasteiger partial charge in [0.25, 0.3) is 0 Å². The van der Waals surface area contributed by atoms with Crippen LogP contribution in [0.3, 0.4) is 0 Å². The van der Waals surface area contributed by atoms with Crippen LogP contribution in [0, 0.1) is 5.92 Å². The molecule has 3 aromatic rings. The van der Waals surface area contributed by atoms with Gasteiger partial charge >= 0.3 is 0 Å². The van der Waals surface area contributed by atoms with Crippen LogP contribution in [-0.4, -0.2) is 26.6 Å². The summed E-state index contributed by atoms with van der Waals surface area (Å²) in [6.45, 7) is 4.90. The summed E-state index contributed by atoms with van der Waals surface area (Å²) in [5, 5.41) is 0.388. The first-order chi connectivity index (χ1) is 12.7. The van der Waals surface area contributed by atoms with Crippen molar-refractivity contribution in [2.45, 2.75) is 45.2 Å². The van der Waals surface area contributed by atoms with Gasteiger partial charge < -0.3 is 9.47 Å². The van der Waals surface area contributed by atoms with Crippen molar-refractivity contribution in [3.63, 3.8) is 0 Å². The van der Waals surface area contributed by atoms with E-state index in [2.05, 4.69) is 35.9 Å². The molecule has 0 aliphatic carbocycles. The minimum atomic E-state index is -0.188. The lowest BCUT2D eigenvalue weighted by Gasteiger charge is -2.22. The Balaban J connectivity index is 1.64. The molecule has 26 heavy (non-hydrogen) atoms. The summed E-state index contributed by atoms with van der Waals surface area (Å²) < 4.78 is 14.6. The highest BCUT2D eigenvalue weighted by atomic mass is 35.5. The van der Waals surface area contributed by atoms with Crippen molar-refractivity contribution < 1.29 is 9.47 Å². The Morgan fingerprint density at radius 1 is 1.23 bits per heavy atom. The molecule has 0 radical (unpaired) electrons.